The molecule has 9 nitrogen and oxygen atoms in total. The summed E-state index contributed by atoms with van der Waals surface area (Å²) in [4.78, 5) is 13.1. The molecule has 516 valence electrons. The molecule has 0 aromatic rings. The lowest BCUT2D eigenvalue weighted by molar-refractivity contribution is -0.302. The van der Waals surface area contributed by atoms with Gasteiger partial charge in [0.05, 0.1) is 25.4 Å². The van der Waals surface area contributed by atoms with Gasteiger partial charge in [-0.05, 0) is 32.1 Å². The molecule has 1 aliphatic rings. The van der Waals surface area contributed by atoms with Crippen LogP contribution in [0.4, 0.5) is 0 Å². The van der Waals surface area contributed by atoms with E-state index in [1.54, 1.807) is 6.08 Å². The number of carbonyl (C=O) groups excluding carboxylic acids is 1. The molecule has 1 heterocycles. The van der Waals surface area contributed by atoms with Gasteiger partial charge in [-0.3, -0.25) is 4.79 Å². The molecule has 1 aliphatic heterocycles. The van der Waals surface area contributed by atoms with Crippen molar-refractivity contribution in [1.29, 1.82) is 0 Å². The minimum Gasteiger partial charge on any atom is -0.394 e. The molecule has 1 amide bonds. The standard InChI is InChI=1S/C78H151NO8/c1-3-5-7-9-11-13-15-17-19-21-23-25-27-28-29-30-31-32-33-34-35-36-37-38-39-40-41-42-43-44-46-48-50-52-54-56-58-60-62-64-66-68-74(82)79-71(70-86-78-77(85)76(84)75(83)73(69-80)87-78)72(81)67-65-63-61-59-57-55-53-51-49-47-45-26-24-22-20-18-16-14-12-10-8-6-4-2/h57,59,65,67,71-73,75-78,80-81,83-85H,3-56,58,60-64,66,68-70H2,1-2H3,(H,79,82)/b59-57+,67-65+. The third-order valence-electron chi connectivity index (χ3n) is 19.0. The average molecular weight is 1230 g/mol. The number of unbranched alkanes of at least 4 members (excludes halogenated alkanes) is 58. The fourth-order valence-corrected chi connectivity index (χ4v) is 12.9. The number of carbonyl (C=O) groups is 1. The largest absolute Gasteiger partial charge is 0.394 e. The highest BCUT2D eigenvalue weighted by atomic mass is 16.7. The van der Waals surface area contributed by atoms with Crippen molar-refractivity contribution in [1.82, 2.24) is 5.32 Å². The number of rotatable bonds is 70. The molecule has 87 heavy (non-hydrogen) atoms. The molecule has 0 saturated carbocycles. The topological polar surface area (TPSA) is 149 Å². The zero-order chi connectivity index (χ0) is 62.8. The Morgan fingerprint density at radius 1 is 0.379 bits per heavy atom. The zero-order valence-electron chi connectivity index (χ0n) is 58.1. The van der Waals surface area contributed by atoms with Crippen LogP contribution in [0.5, 0.6) is 0 Å². The van der Waals surface area contributed by atoms with E-state index in [4.69, 9.17) is 9.47 Å². The van der Waals surface area contributed by atoms with Gasteiger partial charge in [0.2, 0.25) is 5.91 Å². The van der Waals surface area contributed by atoms with E-state index in [-0.39, 0.29) is 12.5 Å². The number of allylic oxidation sites excluding steroid dienone is 3. The average Bonchev–Trinajstić information content (AvgIpc) is 3.49. The number of nitrogens with one attached hydrogen (secondary N) is 1. The van der Waals surface area contributed by atoms with Crippen molar-refractivity contribution in [2.24, 2.45) is 0 Å². The monoisotopic (exact) mass is 1230 g/mol. The molecule has 0 bridgehead atoms. The quantitative estimate of drug-likeness (QED) is 0.0261. The number of ether oxygens (including phenoxy) is 2. The van der Waals surface area contributed by atoms with Gasteiger partial charge in [-0.2, -0.15) is 0 Å². The molecule has 1 rings (SSSR count). The summed E-state index contributed by atoms with van der Waals surface area (Å²) in [5.74, 6) is -0.177. The fourth-order valence-electron chi connectivity index (χ4n) is 12.9. The van der Waals surface area contributed by atoms with E-state index >= 15 is 0 Å². The predicted molar refractivity (Wildman–Crippen MR) is 374 cm³/mol. The van der Waals surface area contributed by atoms with E-state index in [2.05, 4.69) is 31.3 Å². The molecular formula is C78H151NO8. The second kappa shape index (κ2) is 67.6. The van der Waals surface area contributed by atoms with Crippen LogP contribution in [0.3, 0.4) is 0 Å². The number of aliphatic hydroxyl groups is 5. The van der Waals surface area contributed by atoms with Crippen LogP contribution in [0.2, 0.25) is 0 Å². The van der Waals surface area contributed by atoms with Gasteiger partial charge in [0, 0.05) is 6.42 Å². The highest BCUT2D eigenvalue weighted by Gasteiger charge is 2.44. The number of amides is 1. The summed E-state index contributed by atoms with van der Waals surface area (Å²) in [6.07, 6.45) is 83.4. The smallest absolute Gasteiger partial charge is 0.220 e. The van der Waals surface area contributed by atoms with Crippen LogP contribution in [-0.4, -0.2) is 87.5 Å². The van der Waals surface area contributed by atoms with Gasteiger partial charge in [0.25, 0.3) is 0 Å². The van der Waals surface area contributed by atoms with Crippen LogP contribution in [0.1, 0.15) is 412 Å². The van der Waals surface area contributed by atoms with Crippen molar-refractivity contribution in [3.8, 4) is 0 Å². The van der Waals surface area contributed by atoms with Gasteiger partial charge in [-0.15, -0.1) is 0 Å². The summed E-state index contributed by atoms with van der Waals surface area (Å²) in [5.41, 5.74) is 0. The maximum Gasteiger partial charge on any atom is 0.220 e. The SMILES string of the molecule is CCCCCCCCCCCCCCCCCCC/C=C/CC/C=C/C(O)C(COC1OC(CO)C(O)C(O)C1O)NC(=O)CCCCCCCCCCCCCCCCCCCCCCCCCCCCCCCCCCCCCCCCCCC. The molecule has 0 radical (unpaired) electrons. The first-order chi connectivity index (χ1) is 42.8. The zero-order valence-corrected chi connectivity index (χ0v) is 58.1. The Morgan fingerprint density at radius 3 is 0.966 bits per heavy atom. The van der Waals surface area contributed by atoms with Crippen molar-refractivity contribution in [3.63, 3.8) is 0 Å². The summed E-state index contributed by atoms with van der Waals surface area (Å²) < 4.78 is 11.3. The summed E-state index contributed by atoms with van der Waals surface area (Å²) in [5, 5.41) is 54.8. The lowest BCUT2D eigenvalue weighted by Crippen LogP contribution is -2.60. The van der Waals surface area contributed by atoms with Crippen molar-refractivity contribution in [2.75, 3.05) is 13.2 Å². The second-order valence-corrected chi connectivity index (χ2v) is 27.5. The Kier molecular flexibility index (Phi) is 65.0. The molecule has 1 saturated heterocycles. The van der Waals surface area contributed by atoms with E-state index in [1.165, 1.54) is 353 Å². The van der Waals surface area contributed by atoms with Crippen LogP contribution >= 0.6 is 0 Å². The molecular weight excluding hydrogens is 1080 g/mol. The number of hydrogen-bond acceptors (Lipinski definition) is 8. The minimum atomic E-state index is -1.57. The summed E-state index contributed by atoms with van der Waals surface area (Å²) in [7, 11) is 0. The minimum absolute atomic E-state index is 0.177. The Hall–Kier alpha value is -1.33. The summed E-state index contributed by atoms with van der Waals surface area (Å²) in [6.45, 7) is 3.83. The first kappa shape index (κ1) is 83.7. The Morgan fingerprint density at radius 2 is 0.655 bits per heavy atom. The predicted octanol–water partition coefficient (Wildman–Crippen LogP) is 22.0. The fraction of sp³-hybridized carbons (Fsp3) is 0.936. The molecule has 0 aromatic carbocycles. The maximum atomic E-state index is 13.1. The molecule has 0 aliphatic carbocycles. The Bertz CT molecular complexity index is 1430. The molecule has 7 atom stereocenters. The van der Waals surface area contributed by atoms with E-state index in [9.17, 15) is 30.3 Å². The van der Waals surface area contributed by atoms with Gasteiger partial charge in [-0.25, -0.2) is 0 Å². The van der Waals surface area contributed by atoms with Crippen LogP contribution < -0.4 is 5.32 Å². The molecule has 9 heteroatoms. The molecule has 0 spiro atoms. The first-order valence-corrected chi connectivity index (χ1v) is 39.1. The van der Waals surface area contributed by atoms with Crippen LogP contribution in [0.25, 0.3) is 0 Å². The van der Waals surface area contributed by atoms with Crippen molar-refractivity contribution < 1.29 is 39.8 Å². The molecule has 1 fully saturated rings. The van der Waals surface area contributed by atoms with Crippen LogP contribution in [0.15, 0.2) is 24.3 Å². The third-order valence-corrected chi connectivity index (χ3v) is 19.0. The second-order valence-electron chi connectivity index (χ2n) is 27.5. The van der Waals surface area contributed by atoms with E-state index < -0.39 is 49.5 Å². The normalized spacial score (nSPS) is 18.0. The van der Waals surface area contributed by atoms with Gasteiger partial charge in [0.1, 0.15) is 24.4 Å². The Balaban J connectivity index is 2.03. The van der Waals surface area contributed by atoms with Crippen LogP contribution in [0, 0.1) is 0 Å². The van der Waals surface area contributed by atoms with Crippen LogP contribution in [-0.2, 0) is 14.3 Å². The highest BCUT2D eigenvalue weighted by Crippen LogP contribution is 2.24. The van der Waals surface area contributed by atoms with Gasteiger partial charge in [0.15, 0.2) is 6.29 Å². The first-order valence-electron chi connectivity index (χ1n) is 39.1. The van der Waals surface area contributed by atoms with Gasteiger partial charge >= 0.3 is 0 Å². The highest BCUT2D eigenvalue weighted by molar-refractivity contribution is 5.76. The van der Waals surface area contributed by atoms with Gasteiger partial charge < -0.3 is 40.3 Å². The van der Waals surface area contributed by atoms with Crippen molar-refractivity contribution >= 4 is 5.91 Å². The van der Waals surface area contributed by atoms with Crippen molar-refractivity contribution in [2.45, 2.75) is 455 Å². The number of hydrogen-bond donors (Lipinski definition) is 6. The van der Waals surface area contributed by atoms with Gasteiger partial charge in [-0.1, -0.05) is 398 Å². The third kappa shape index (κ3) is 56.0. The number of aliphatic hydroxyl groups excluding tert-OH is 5. The van der Waals surface area contributed by atoms with E-state index in [0.717, 1.165) is 38.5 Å². The van der Waals surface area contributed by atoms with E-state index in [1.807, 2.05) is 6.08 Å². The summed E-state index contributed by atoms with van der Waals surface area (Å²) >= 11 is 0. The maximum absolute atomic E-state index is 13.1. The summed E-state index contributed by atoms with van der Waals surface area (Å²) in [6, 6.07) is -0.820. The van der Waals surface area contributed by atoms with E-state index in [0.29, 0.717) is 6.42 Å². The molecule has 0 aromatic heterocycles. The lowest BCUT2D eigenvalue weighted by atomic mass is 9.99. The van der Waals surface area contributed by atoms with Crippen molar-refractivity contribution in [3.05, 3.63) is 24.3 Å². The molecule has 6 N–H and O–H groups in total. The Labute approximate surface area is 540 Å². The lowest BCUT2D eigenvalue weighted by Gasteiger charge is -2.40. The molecule has 7 unspecified atom stereocenters.